The molecule has 0 atom stereocenters. The van der Waals surface area contributed by atoms with E-state index < -0.39 is 0 Å². The molecule has 0 radical (unpaired) electrons. The van der Waals surface area contributed by atoms with Gasteiger partial charge in [-0.3, -0.25) is 9.59 Å². The fourth-order valence-corrected chi connectivity index (χ4v) is 5.08. The van der Waals surface area contributed by atoms with Gasteiger partial charge in [0.15, 0.2) is 0 Å². The predicted octanol–water partition coefficient (Wildman–Crippen LogP) is 9.84. The molecule has 0 N–H and O–H groups in total. The fraction of sp³-hybridized carbons (Fsp3) is 0.611. The Morgan fingerprint density at radius 2 is 0.825 bits per heavy atom. The number of esters is 2. The molecule has 0 aliphatic rings. The minimum absolute atomic E-state index is 0.202. The van der Waals surface area contributed by atoms with E-state index in [1.165, 1.54) is 88.2 Å². The van der Waals surface area contributed by atoms with Gasteiger partial charge >= 0.3 is 11.9 Å². The largest absolute Gasteiger partial charge is 0.461 e. The van der Waals surface area contributed by atoms with Crippen molar-refractivity contribution in [3.05, 3.63) is 70.8 Å². The van der Waals surface area contributed by atoms with Gasteiger partial charge in [-0.25, -0.2) is 0 Å². The van der Waals surface area contributed by atoms with Crippen LogP contribution in [0.1, 0.15) is 139 Å². The molecule has 4 nitrogen and oxygen atoms in total. The molecule has 0 aliphatic carbocycles. The second-order valence-corrected chi connectivity index (χ2v) is 11.1. The molecule has 0 unspecified atom stereocenters. The Bertz CT molecular complexity index is 874. The summed E-state index contributed by atoms with van der Waals surface area (Å²) >= 11 is 0. The van der Waals surface area contributed by atoms with Crippen LogP contribution in [0.3, 0.4) is 0 Å². The van der Waals surface area contributed by atoms with E-state index in [1.54, 1.807) is 0 Å². The first kappa shape index (κ1) is 33.6. The Labute approximate surface area is 244 Å². The fourth-order valence-electron chi connectivity index (χ4n) is 5.08. The third-order valence-corrected chi connectivity index (χ3v) is 7.63. The van der Waals surface area contributed by atoms with Gasteiger partial charge in [-0.05, 0) is 60.8 Å². The van der Waals surface area contributed by atoms with Crippen LogP contribution in [0.5, 0.6) is 0 Å². The number of carbonyl (C=O) groups excluding carboxylic acids is 2. The summed E-state index contributed by atoms with van der Waals surface area (Å²) in [6.07, 6.45) is 19.2. The number of rotatable bonds is 23. The van der Waals surface area contributed by atoms with Crippen LogP contribution in [0, 0.1) is 0 Å². The van der Waals surface area contributed by atoms with Crippen LogP contribution in [0.25, 0.3) is 0 Å². The highest BCUT2D eigenvalue weighted by Gasteiger charge is 2.10. The van der Waals surface area contributed by atoms with Crippen molar-refractivity contribution in [1.29, 1.82) is 0 Å². The van der Waals surface area contributed by atoms with Crippen LogP contribution < -0.4 is 0 Å². The van der Waals surface area contributed by atoms with Crippen molar-refractivity contribution in [1.82, 2.24) is 0 Å². The number of unbranched alkanes of at least 4 members (excludes halogenated alkanes) is 11. The number of ether oxygens (including phenoxy) is 2. The number of carbonyl (C=O) groups is 2. The maximum Gasteiger partial charge on any atom is 0.306 e. The molecule has 4 heteroatoms. The van der Waals surface area contributed by atoms with Crippen LogP contribution in [0.15, 0.2) is 48.5 Å². The number of hydrogen-bond donors (Lipinski definition) is 0. The van der Waals surface area contributed by atoms with Crippen LogP contribution in [-0.4, -0.2) is 11.9 Å². The van der Waals surface area contributed by atoms with E-state index in [2.05, 4.69) is 50.2 Å². The first-order valence-electron chi connectivity index (χ1n) is 16.1. The third-order valence-electron chi connectivity index (χ3n) is 7.63. The summed E-state index contributed by atoms with van der Waals surface area (Å²) in [5, 5.41) is 0. The van der Waals surface area contributed by atoms with Crippen LogP contribution in [0.4, 0.5) is 0 Å². The Balaban J connectivity index is 1.60. The summed E-state index contributed by atoms with van der Waals surface area (Å²) in [5.74, 6) is -0.405. The molecule has 0 aromatic heterocycles. The van der Waals surface area contributed by atoms with Crippen molar-refractivity contribution in [3.8, 4) is 0 Å². The zero-order chi connectivity index (χ0) is 28.7. The summed E-state index contributed by atoms with van der Waals surface area (Å²) in [4.78, 5) is 24.6. The Morgan fingerprint density at radius 1 is 0.475 bits per heavy atom. The molecule has 0 fully saturated rings. The van der Waals surface area contributed by atoms with E-state index in [0.29, 0.717) is 38.9 Å². The van der Waals surface area contributed by atoms with Crippen molar-refractivity contribution in [2.75, 3.05) is 0 Å². The van der Waals surface area contributed by atoms with Gasteiger partial charge in [0.25, 0.3) is 0 Å². The van der Waals surface area contributed by atoms with Crippen molar-refractivity contribution in [2.24, 2.45) is 0 Å². The highest BCUT2D eigenvalue weighted by atomic mass is 16.5. The van der Waals surface area contributed by atoms with Gasteiger partial charge in [0.05, 0.1) is 0 Å². The summed E-state index contributed by atoms with van der Waals surface area (Å²) in [7, 11) is 0. The highest BCUT2D eigenvalue weighted by Crippen LogP contribution is 2.17. The summed E-state index contributed by atoms with van der Waals surface area (Å²) in [6.45, 7) is 5.13. The summed E-state index contributed by atoms with van der Waals surface area (Å²) < 4.78 is 11.1. The molecule has 0 aliphatic heterocycles. The molecule has 222 valence electrons. The Hall–Kier alpha value is -2.62. The smallest absolute Gasteiger partial charge is 0.306 e. The molecule has 0 heterocycles. The molecule has 2 rings (SSSR count). The topological polar surface area (TPSA) is 52.6 Å². The second kappa shape index (κ2) is 22.1. The lowest BCUT2D eigenvalue weighted by atomic mass is 10.0. The van der Waals surface area contributed by atoms with E-state index >= 15 is 0 Å². The van der Waals surface area contributed by atoms with Gasteiger partial charge in [0.2, 0.25) is 0 Å². The second-order valence-electron chi connectivity index (χ2n) is 11.1. The normalized spacial score (nSPS) is 10.9. The molecule has 2 aromatic rings. The van der Waals surface area contributed by atoms with E-state index in [9.17, 15) is 9.59 Å². The molecule has 0 saturated heterocycles. The van der Waals surface area contributed by atoms with Crippen LogP contribution in [0.2, 0.25) is 0 Å². The SMILES string of the molecule is CCCCCCCCc1ccccc1COC(=O)CCCCC(=O)OCc1ccccc1CCCCCCCC. The molecule has 0 bridgehead atoms. The monoisotopic (exact) mass is 550 g/mol. The van der Waals surface area contributed by atoms with Gasteiger partial charge < -0.3 is 9.47 Å². The minimum Gasteiger partial charge on any atom is -0.461 e. The lowest BCUT2D eigenvalue weighted by Gasteiger charge is -2.11. The third kappa shape index (κ3) is 15.2. The highest BCUT2D eigenvalue weighted by molar-refractivity contribution is 5.70. The predicted molar refractivity (Wildman–Crippen MR) is 165 cm³/mol. The van der Waals surface area contributed by atoms with Crippen molar-refractivity contribution in [3.63, 3.8) is 0 Å². The van der Waals surface area contributed by atoms with E-state index in [4.69, 9.17) is 9.47 Å². The number of benzene rings is 2. The van der Waals surface area contributed by atoms with E-state index in [0.717, 1.165) is 24.0 Å². The van der Waals surface area contributed by atoms with Crippen molar-refractivity contribution in [2.45, 2.75) is 143 Å². The quantitative estimate of drug-likeness (QED) is 0.102. The van der Waals surface area contributed by atoms with Gasteiger partial charge in [-0.15, -0.1) is 0 Å². The number of aryl methyl sites for hydroxylation is 2. The minimum atomic E-state index is -0.202. The van der Waals surface area contributed by atoms with Gasteiger partial charge in [0, 0.05) is 12.8 Å². The van der Waals surface area contributed by atoms with E-state index in [1.807, 2.05) is 12.1 Å². The zero-order valence-corrected chi connectivity index (χ0v) is 25.4. The summed E-state index contributed by atoms with van der Waals surface area (Å²) in [5.41, 5.74) is 4.76. The first-order chi connectivity index (χ1) is 19.6. The van der Waals surface area contributed by atoms with Crippen molar-refractivity contribution < 1.29 is 19.1 Å². The summed E-state index contributed by atoms with van der Waals surface area (Å²) in [6, 6.07) is 16.5. The van der Waals surface area contributed by atoms with E-state index in [-0.39, 0.29) is 11.9 Å². The van der Waals surface area contributed by atoms with Crippen LogP contribution in [-0.2, 0) is 45.1 Å². The molecule has 0 saturated carbocycles. The molecule has 40 heavy (non-hydrogen) atoms. The average Bonchev–Trinajstić information content (AvgIpc) is 2.97. The Morgan fingerprint density at radius 3 is 1.23 bits per heavy atom. The lowest BCUT2D eigenvalue weighted by molar-refractivity contribution is -0.147. The van der Waals surface area contributed by atoms with Crippen molar-refractivity contribution >= 4 is 11.9 Å². The maximum absolute atomic E-state index is 12.3. The zero-order valence-electron chi connectivity index (χ0n) is 25.4. The molecular weight excluding hydrogens is 496 g/mol. The molecular formula is C36H54O4. The average molecular weight is 551 g/mol. The molecule has 0 amide bonds. The maximum atomic E-state index is 12.3. The van der Waals surface area contributed by atoms with Gasteiger partial charge in [0.1, 0.15) is 13.2 Å². The number of hydrogen-bond acceptors (Lipinski definition) is 4. The molecule has 0 spiro atoms. The van der Waals surface area contributed by atoms with Gasteiger partial charge in [-0.1, -0.05) is 127 Å². The molecule has 2 aromatic carbocycles. The lowest BCUT2D eigenvalue weighted by Crippen LogP contribution is -2.08. The first-order valence-corrected chi connectivity index (χ1v) is 16.1. The Kier molecular flexibility index (Phi) is 18.6. The van der Waals surface area contributed by atoms with Gasteiger partial charge in [-0.2, -0.15) is 0 Å². The van der Waals surface area contributed by atoms with Crippen LogP contribution >= 0.6 is 0 Å². The standard InChI is InChI=1S/C36H54O4/c1-3-5-7-9-11-13-21-31-23-15-17-25-33(31)29-39-35(37)27-19-20-28-36(38)40-30-34-26-18-16-24-32(34)22-14-12-10-8-6-4-2/h15-18,23-26H,3-14,19-22,27-30H2,1-2H3.